The van der Waals surface area contributed by atoms with Gasteiger partial charge in [-0.25, -0.2) is 9.59 Å². The third-order valence-corrected chi connectivity index (χ3v) is 4.46. The fourth-order valence-corrected chi connectivity index (χ4v) is 3.11. The molecule has 3 aromatic rings. The first-order chi connectivity index (χ1) is 12.9. The summed E-state index contributed by atoms with van der Waals surface area (Å²) in [5.41, 5.74) is -0.183. The number of Topliss-reactive ketones (excluding diaryl/α,β-unsaturated/α-hetero) is 1. The lowest BCUT2D eigenvalue weighted by Gasteiger charge is -2.17. The van der Waals surface area contributed by atoms with Gasteiger partial charge < -0.3 is 14.3 Å². The Morgan fingerprint density at radius 3 is 2.56 bits per heavy atom. The van der Waals surface area contributed by atoms with Crippen molar-refractivity contribution in [1.82, 2.24) is 0 Å². The molecule has 0 radical (unpaired) electrons. The molecule has 1 unspecified atom stereocenters. The molecule has 1 aromatic heterocycles. The minimum atomic E-state index is -1.02. The molecule has 138 valence electrons. The van der Waals surface area contributed by atoms with E-state index in [0.717, 1.165) is 7.11 Å². The van der Waals surface area contributed by atoms with Crippen molar-refractivity contribution in [2.75, 3.05) is 7.11 Å². The molecule has 0 bridgehead atoms. The second kappa shape index (κ2) is 7.63. The van der Waals surface area contributed by atoms with E-state index < -0.39 is 23.3 Å². The van der Waals surface area contributed by atoms with Gasteiger partial charge in [-0.2, -0.15) is 0 Å². The number of benzene rings is 2. The summed E-state index contributed by atoms with van der Waals surface area (Å²) in [4.78, 5) is 36.3. The minimum Gasteiger partial charge on any atom is -0.507 e. The standard InChI is InChI=1S/C20H15ClO6/c1-26-19(24)15(22)10-13(11-5-3-2-4-6-11)17-18(23)14-9-12(21)7-8-16(14)27-20(17)25/h2-9,13,23H,10H2,1H3. The van der Waals surface area contributed by atoms with Crippen LogP contribution in [-0.4, -0.2) is 24.0 Å². The maximum Gasteiger partial charge on any atom is 0.374 e. The maximum absolute atomic E-state index is 12.6. The van der Waals surface area contributed by atoms with Crippen LogP contribution in [0.1, 0.15) is 23.5 Å². The van der Waals surface area contributed by atoms with Gasteiger partial charge >= 0.3 is 11.6 Å². The van der Waals surface area contributed by atoms with Crippen molar-refractivity contribution in [1.29, 1.82) is 0 Å². The number of hydrogen-bond donors (Lipinski definition) is 1. The fourth-order valence-electron chi connectivity index (χ4n) is 2.93. The van der Waals surface area contributed by atoms with Crippen molar-refractivity contribution in [3.8, 4) is 5.75 Å². The molecule has 0 aliphatic rings. The number of aromatic hydroxyl groups is 1. The van der Waals surface area contributed by atoms with E-state index in [1.54, 1.807) is 30.3 Å². The Balaban J connectivity index is 2.21. The highest BCUT2D eigenvalue weighted by atomic mass is 35.5. The molecule has 1 N–H and O–H groups in total. The van der Waals surface area contributed by atoms with Gasteiger partial charge in [0.05, 0.1) is 18.1 Å². The molecule has 7 heteroatoms. The van der Waals surface area contributed by atoms with Gasteiger partial charge in [-0.15, -0.1) is 0 Å². The number of carbonyl (C=O) groups excluding carboxylic acids is 2. The highest BCUT2D eigenvalue weighted by molar-refractivity contribution is 6.33. The van der Waals surface area contributed by atoms with E-state index in [1.165, 1.54) is 18.2 Å². The Kier molecular flexibility index (Phi) is 5.28. The van der Waals surface area contributed by atoms with Crippen LogP contribution in [0.25, 0.3) is 11.0 Å². The average Bonchev–Trinajstić information content (AvgIpc) is 2.67. The van der Waals surface area contributed by atoms with Crippen LogP contribution in [0.2, 0.25) is 5.02 Å². The summed E-state index contributed by atoms with van der Waals surface area (Å²) in [6.45, 7) is 0. The largest absolute Gasteiger partial charge is 0.507 e. The SMILES string of the molecule is COC(=O)C(=O)CC(c1ccccc1)c1c(O)c2cc(Cl)ccc2oc1=O. The first-order valence-corrected chi connectivity index (χ1v) is 8.41. The van der Waals surface area contributed by atoms with Crippen LogP contribution in [0.4, 0.5) is 0 Å². The molecule has 6 nitrogen and oxygen atoms in total. The van der Waals surface area contributed by atoms with Crippen molar-refractivity contribution in [2.45, 2.75) is 12.3 Å². The Labute approximate surface area is 158 Å². The van der Waals surface area contributed by atoms with Crippen molar-refractivity contribution in [2.24, 2.45) is 0 Å². The summed E-state index contributed by atoms with van der Waals surface area (Å²) in [5, 5.41) is 11.3. The molecule has 0 saturated carbocycles. The summed E-state index contributed by atoms with van der Waals surface area (Å²) in [7, 11) is 1.10. The van der Waals surface area contributed by atoms with E-state index >= 15 is 0 Å². The predicted octanol–water partition coefficient (Wildman–Crippen LogP) is 3.42. The van der Waals surface area contributed by atoms with Crippen LogP contribution in [-0.2, 0) is 14.3 Å². The van der Waals surface area contributed by atoms with Gasteiger partial charge in [0.1, 0.15) is 11.3 Å². The Morgan fingerprint density at radius 2 is 1.89 bits per heavy atom. The molecule has 2 aromatic carbocycles. The van der Waals surface area contributed by atoms with Crippen molar-refractivity contribution in [3.63, 3.8) is 0 Å². The zero-order chi connectivity index (χ0) is 19.6. The van der Waals surface area contributed by atoms with Gasteiger partial charge in [0.15, 0.2) is 0 Å². The average molecular weight is 387 g/mol. The third-order valence-electron chi connectivity index (χ3n) is 4.23. The van der Waals surface area contributed by atoms with Gasteiger partial charge in [-0.1, -0.05) is 41.9 Å². The second-order valence-corrected chi connectivity index (χ2v) is 6.31. The first-order valence-electron chi connectivity index (χ1n) is 8.03. The van der Waals surface area contributed by atoms with E-state index in [1.807, 2.05) is 0 Å². The van der Waals surface area contributed by atoms with E-state index in [-0.39, 0.29) is 28.7 Å². The van der Waals surface area contributed by atoms with Gasteiger partial charge in [-0.3, -0.25) is 4.79 Å². The van der Waals surface area contributed by atoms with Crippen molar-refractivity contribution >= 4 is 34.3 Å². The number of rotatable bonds is 5. The molecule has 0 aliphatic heterocycles. The maximum atomic E-state index is 12.6. The summed E-state index contributed by atoms with van der Waals surface area (Å²) in [6, 6.07) is 13.1. The van der Waals surface area contributed by atoms with Crippen LogP contribution in [0.5, 0.6) is 5.75 Å². The number of hydrogen-bond acceptors (Lipinski definition) is 6. The third kappa shape index (κ3) is 3.71. The van der Waals surface area contributed by atoms with E-state index in [2.05, 4.69) is 4.74 Å². The Hall–Kier alpha value is -3.12. The summed E-state index contributed by atoms with van der Waals surface area (Å²) in [6.07, 6.45) is -0.360. The lowest BCUT2D eigenvalue weighted by Crippen LogP contribution is -2.22. The van der Waals surface area contributed by atoms with Crippen LogP contribution < -0.4 is 5.63 Å². The molecular weight excluding hydrogens is 372 g/mol. The molecule has 3 rings (SSSR count). The monoisotopic (exact) mass is 386 g/mol. The number of ketones is 1. The number of halogens is 1. The van der Waals surface area contributed by atoms with Crippen LogP contribution in [0.15, 0.2) is 57.7 Å². The predicted molar refractivity (Wildman–Crippen MR) is 99.1 cm³/mol. The highest BCUT2D eigenvalue weighted by Crippen LogP contribution is 2.37. The molecule has 0 amide bonds. The zero-order valence-corrected chi connectivity index (χ0v) is 15.0. The van der Waals surface area contributed by atoms with E-state index in [4.69, 9.17) is 16.0 Å². The van der Waals surface area contributed by atoms with Crippen LogP contribution in [0.3, 0.4) is 0 Å². The smallest absolute Gasteiger partial charge is 0.374 e. The quantitative estimate of drug-likeness (QED) is 0.410. The van der Waals surface area contributed by atoms with Crippen molar-refractivity contribution < 1.29 is 23.8 Å². The Bertz CT molecular complexity index is 1070. The summed E-state index contributed by atoms with van der Waals surface area (Å²) >= 11 is 5.98. The number of esters is 1. The molecule has 27 heavy (non-hydrogen) atoms. The molecule has 0 fully saturated rings. The second-order valence-electron chi connectivity index (χ2n) is 5.87. The summed E-state index contributed by atoms with van der Waals surface area (Å²) < 4.78 is 9.76. The number of methoxy groups -OCH3 is 1. The van der Waals surface area contributed by atoms with E-state index in [0.29, 0.717) is 10.6 Å². The first kappa shape index (κ1) is 18.7. The zero-order valence-electron chi connectivity index (χ0n) is 14.3. The van der Waals surface area contributed by atoms with Crippen LogP contribution >= 0.6 is 11.6 Å². The number of carbonyl (C=O) groups is 2. The Morgan fingerprint density at radius 1 is 1.19 bits per heavy atom. The lowest BCUT2D eigenvalue weighted by molar-refractivity contribution is -0.151. The molecular formula is C20H15ClO6. The normalized spacial score (nSPS) is 11.9. The molecule has 1 heterocycles. The lowest BCUT2D eigenvalue weighted by atomic mass is 9.87. The van der Waals surface area contributed by atoms with Gasteiger partial charge in [-0.05, 0) is 23.8 Å². The van der Waals surface area contributed by atoms with E-state index in [9.17, 15) is 19.5 Å². The highest BCUT2D eigenvalue weighted by Gasteiger charge is 2.29. The molecule has 0 spiro atoms. The van der Waals surface area contributed by atoms with Gasteiger partial charge in [0.25, 0.3) is 0 Å². The molecule has 0 saturated heterocycles. The fraction of sp³-hybridized carbons (Fsp3) is 0.150. The molecule has 0 aliphatic carbocycles. The summed E-state index contributed by atoms with van der Waals surface area (Å²) in [5.74, 6) is -3.08. The van der Waals surface area contributed by atoms with Gasteiger partial charge in [0.2, 0.25) is 5.78 Å². The number of ether oxygens (including phenoxy) is 1. The minimum absolute atomic E-state index is 0.117. The molecule has 1 atom stereocenters. The number of fused-ring (bicyclic) bond motifs is 1. The van der Waals surface area contributed by atoms with Crippen LogP contribution in [0, 0.1) is 0 Å². The topological polar surface area (TPSA) is 93.8 Å². The van der Waals surface area contributed by atoms with Crippen molar-refractivity contribution in [3.05, 3.63) is 75.1 Å². The van der Waals surface area contributed by atoms with Gasteiger partial charge in [0, 0.05) is 17.4 Å².